The Labute approximate surface area is 193 Å². The molecule has 0 spiro atoms. The Morgan fingerprint density at radius 3 is 2.25 bits per heavy atom. The van der Waals surface area contributed by atoms with Crippen LogP contribution in [0.25, 0.3) is 6.08 Å². The fraction of sp³-hybridized carbons (Fsp3) is 0.345. The highest BCUT2D eigenvalue weighted by Gasteiger charge is 2.37. The van der Waals surface area contributed by atoms with Gasteiger partial charge in [-0.15, -0.1) is 0 Å². The highest BCUT2D eigenvalue weighted by molar-refractivity contribution is 5.88. The Hall–Kier alpha value is -3.07. The van der Waals surface area contributed by atoms with Crippen LogP contribution in [0.3, 0.4) is 0 Å². The summed E-state index contributed by atoms with van der Waals surface area (Å²) < 4.78 is 0. The predicted octanol–water partition coefficient (Wildman–Crippen LogP) is 8.05. The van der Waals surface area contributed by atoms with Crippen LogP contribution in [0.15, 0.2) is 67.4 Å². The Kier molecular flexibility index (Phi) is 6.94. The zero-order chi connectivity index (χ0) is 22.5. The van der Waals surface area contributed by atoms with Gasteiger partial charge in [0.25, 0.3) is 0 Å². The number of hydrogen-bond acceptors (Lipinski definition) is 3. The second kappa shape index (κ2) is 10.0. The summed E-state index contributed by atoms with van der Waals surface area (Å²) in [6.45, 7) is 10.9. The number of rotatable bonds is 9. The average molecular weight is 426 g/mol. The molecule has 0 radical (unpaired) electrons. The van der Waals surface area contributed by atoms with Gasteiger partial charge >= 0.3 is 0 Å². The molecule has 1 aromatic heterocycles. The third kappa shape index (κ3) is 4.29. The monoisotopic (exact) mass is 425 g/mol. The van der Waals surface area contributed by atoms with Crippen LogP contribution >= 0.6 is 0 Å². The van der Waals surface area contributed by atoms with E-state index >= 15 is 0 Å². The molecule has 2 heterocycles. The van der Waals surface area contributed by atoms with E-state index in [0.717, 1.165) is 24.2 Å². The fourth-order valence-electron chi connectivity index (χ4n) is 4.63. The van der Waals surface area contributed by atoms with Crippen LogP contribution in [-0.2, 0) is 12.8 Å². The van der Waals surface area contributed by atoms with E-state index in [0.29, 0.717) is 0 Å². The fourth-order valence-corrected chi connectivity index (χ4v) is 4.63. The number of aromatic nitrogens is 1. The van der Waals surface area contributed by atoms with Crippen molar-refractivity contribution in [3.05, 3.63) is 84.1 Å². The lowest BCUT2D eigenvalue weighted by Gasteiger charge is -2.31. The van der Waals surface area contributed by atoms with E-state index in [4.69, 9.17) is 4.98 Å². The molecule has 2 aromatic carbocycles. The zero-order valence-corrected chi connectivity index (χ0v) is 19.7. The van der Waals surface area contributed by atoms with Gasteiger partial charge in [0.1, 0.15) is 6.17 Å². The second-order valence-electron chi connectivity index (χ2n) is 8.70. The van der Waals surface area contributed by atoms with Crippen LogP contribution in [0, 0.1) is 0 Å². The SMILES string of the molecule is C=Cc1ccc(CCCC)cc1N1c2cc(CCCC)cnc2N(c2ccccc2)[C@H]1C. The smallest absolute Gasteiger partial charge is 0.158 e. The molecule has 0 aliphatic carbocycles. The zero-order valence-electron chi connectivity index (χ0n) is 19.7. The van der Waals surface area contributed by atoms with E-state index in [1.54, 1.807) is 0 Å². The van der Waals surface area contributed by atoms with Crippen LogP contribution < -0.4 is 9.80 Å². The molecule has 1 atom stereocenters. The molecule has 0 saturated heterocycles. The molecule has 3 heteroatoms. The van der Waals surface area contributed by atoms with E-state index in [1.165, 1.54) is 53.9 Å². The number of anilines is 4. The molecule has 0 unspecified atom stereocenters. The van der Waals surface area contributed by atoms with Gasteiger partial charge in [0, 0.05) is 11.9 Å². The van der Waals surface area contributed by atoms with Gasteiger partial charge < -0.3 is 9.80 Å². The lowest BCUT2D eigenvalue weighted by Crippen LogP contribution is -2.35. The Balaban J connectivity index is 1.84. The van der Waals surface area contributed by atoms with E-state index < -0.39 is 0 Å². The molecule has 3 aromatic rings. The number of aryl methyl sites for hydroxylation is 2. The molecule has 166 valence electrons. The van der Waals surface area contributed by atoms with Crippen molar-refractivity contribution >= 4 is 29.0 Å². The summed E-state index contributed by atoms with van der Waals surface area (Å²) in [5.41, 5.74) is 7.42. The summed E-state index contributed by atoms with van der Waals surface area (Å²) in [6.07, 6.45) is 11.1. The van der Waals surface area contributed by atoms with Gasteiger partial charge in [0.2, 0.25) is 0 Å². The number of nitrogens with zero attached hydrogens (tertiary/aromatic N) is 3. The van der Waals surface area contributed by atoms with Crippen LogP contribution in [0.4, 0.5) is 22.9 Å². The molecular weight excluding hydrogens is 390 g/mol. The number of hydrogen-bond donors (Lipinski definition) is 0. The second-order valence-corrected chi connectivity index (χ2v) is 8.70. The number of fused-ring (bicyclic) bond motifs is 1. The van der Waals surface area contributed by atoms with E-state index in [1.807, 2.05) is 6.08 Å². The lowest BCUT2D eigenvalue weighted by molar-refractivity contribution is 0.754. The first-order valence-corrected chi connectivity index (χ1v) is 12.1. The molecule has 0 amide bonds. The van der Waals surface area contributed by atoms with Crippen LogP contribution in [-0.4, -0.2) is 11.1 Å². The highest BCUT2D eigenvalue weighted by Crippen LogP contribution is 2.47. The normalized spacial score (nSPS) is 15.2. The Bertz CT molecular complexity index is 1060. The molecule has 1 aliphatic rings. The summed E-state index contributed by atoms with van der Waals surface area (Å²) in [5.74, 6) is 1.03. The van der Waals surface area contributed by atoms with Crippen molar-refractivity contribution in [1.82, 2.24) is 4.98 Å². The van der Waals surface area contributed by atoms with Crippen molar-refractivity contribution in [2.75, 3.05) is 9.80 Å². The van der Waals surface area contributed by atoms with Crippen molar-refractivity contribution in [3.8, 4) is 0 Å². The minimum Gasteiger partial charge on any atom is -0.317 e. The Morgan fingerprint density at radius 2 is 1.56 bits per heavy atom. The quantitative estimate of drug-likeness (QED) is 0.346. The van der Waals surface area contributed by atoms with Gasteiger partial charge in [0.05, 0.1) is 11.4 Å². The van der Waals surface area contributed by atoms with Crippen molar-refractivity contribution in [1.29, 1.82) is 0 Å². The first-order chi connectivity index (χ1) is 15.7. The first kappa shape index (κ1) is 22.1. The maximum Gasteiger partial charge on any atom is 0.158 e. The lowest BCUT2D eigenvalue weighted by atomic mass is 10.0. The molecule has 1 aliphatic heterocycles. The van der Waals surface area contributed by atoms with E-state index in [2.05, 4.69) is 97.9 Å². The predicted molar refractivity (Wildman–Crippen MR) is 138 cm³/mol. The number of para-hydroxylation sites is 1. The highest BCUT2D eigenvalue weighted by atomic mass is 15.4. The number of benzene rings is 2. The van der Waals surface area contributed by atoms with Crippen molar-refractivity contribution in [2.45, 2.75) is 65.5 Å². The summed E-state index contributed by atoms with van der Waals surface area (Å²) in [6, 6.07) is 19.8. The number of unbranched alkanes of at least 4 members (excludes halogenated alkanes) is 2. The maximum atomic E-state index is 4.98. The molecule has 4 rings (SSSR count). The van der Waals surface area contributed by atoms with Gasteiger partial charge in [-0.2, -0.15) is 0 Å². The van der Waals surface area contributed by atoms with Crippen LogP contribution in [0.1, 0.15) is 63.1 Å². The van der Waals surface area contributed by atoms with Crippen LogP contribution in [0.2, 0.25) is 0 Å². The van der Waals surface area contributed by atoms with Gasteiger partial charge in [-0.1, -0.05) is 69.7 Å². The minimum absolute atomic E-state index is 0.112. The molecule has 32 heavy (non-hydrogen) atoms. The maximum absolute atomic E-state index is 4.98. The van der Waals surface area contributed by atoms with Gasteiger partial charge in [-0.25, -0.2) is 4.98 Å². The van der Waals surface area contributed by atoms with Gasteiger partial charge in [-0.05, 0) is 73.6 Å². The third-order valence-electron chi connectivity index (χ3n) is 6.39. The minimum atomic E-state index is 0.112. The standard InChI is InChI=1S/C29H35N3/c1-5-8-13-23-17-18-25(7-3)27(19-23)32-22(4)31(26-15-11-10-12-16-26)29-28(32)20-24(21-30-29)14-9-6-2/h7,10-12,15-22H,3,5-6,8-9,13-14H2,1-2,4H3/t22-/m1/s1. The van der Waals surface area contributed by atoms with E-state index in [9.17, 15) is 0 Å². The largest absolute Gasteiger partial charge is 0.317 e. The van der Waals surface area contributed by atoms with E-state index in [-0.39, 0.29) is 6.17 Å². The van der Waals surface area contributed by atoms with Gasteiger partial charge in [0.15, 0.2) is 5.82 Å². The summed E-state index contributed by atoms with van der Waals surface area (Å²) in [4.78, 5) is 9.79. The molecule has 0 saturated carbocycles. The summed E-state index contributed by atoms with van der Waals surface area (Å²) in [7, 11) is 0. The average Bonchev–Trinajstić information content (AvgIpc) is 3.12. The van der Waals surface area contributed by atoms with Crippen molar-refractivity contribution < 1.29 is 0 Å². The molecule has 0 bridgehead atoms. The van der Waals surface area contributed by atoms with Gasteiger partial charge in [-0.3, -0.25) is 0 Å². The Morgan fingerprint density at radius 1 is 0.875 bits per heavy atom. The van der Waals surface area contributed by atoms with Crippen molar-refractivity contribution in [2.24, 2.45) is 0 Å². The van der Waals surface area contributed by atoms with Crippen molar-refractivity contribution in [3.63, 3.8) is 0 Å². The molecule has 0 fully saturated rings. The first-order valence-electron chi connectivity index (χ1n) is 12.1. The summed E-state index contributed by atoms with van der Waals surface area (Å²) >= 11 is 0. The third-order valence-corrected chi connectivity index (χ3v) is 6.39. The molecular formula is C29H35N3. The van der Waals surface area contributed by atoms with Crippen LogP contribution in [0.5, 0.6) is 0 Å². The molecule has 3 nitrogen and oxygen atoms in total. The number of pyridine rings is 1. The topological polar surface area (TPSA) is 19.4 Å². The summed E-state index contributed by atoms with van der Waals surface area (Å²) in [5, 5.41) is 0. The molecule has 0 N–H and O–H groups in total.